The molecule has 0 radical (unpaired) electrons. The summed E-state index contributed by atoms with van der Waals surface area (Å²) in [6, 6.07) is 17.5. The molecule has 0 bridgehead atoms. The number of carbonyl (C=O) groups excluding carboxylic acids is 1. The molecular formula is C30H17N8Na5O11S2. The standard InChI is InChI=1S/C30H20N8O11S2.5Na/c1-15-12-17(8-11-21(15)34-35-22-5-3-2-4-19(22)30(40)41)33-36-23-14-24(50(44,45)46)20-13-25(51(47,48)49)28(29(39)26(20)27(23)31)37-32-16-6-9-18(10-7-16)38(42)43;;;;;/h3-6,8-14,39H,31H2,1H3,(H,40,41)(H,44,45,46)(H,47,48,49);;;;;/q-2;5*+1/p-3. The number of non-ortho nitro benzene ring substituents is 1. The van der Waals surface area contributed by atoms with Gasteiger partial charge in [-0.15, -0.1) is 28.4 Å². The molecule has 26 heteroatoms. The number of nitrogen functional groups attached to an aromatic ring is 1. The first-order valence-electron chi connectivity index (χ1n) is 13.7. The Morgan fingerprint density at radius 1 is 0.786 bits per heavy atom. The fourth-order valence-electron chi connectivity index (χ4n) is 4.48. The van der Waals surface area contributed by atoms with Gasteiger partial charge in [0.15, 0.2) is 11.4 Å². The first-order valence-corrected chi connectivity index (χ1v) is 16.5. The number of nitro groups is 1. The molecule has 0 aliphatic rings. The first-order chi connectivity index (χ1) is 24.0. The van der Waals surface area contributed by atoms with Crippen LogP contribution in [0.3, 0.4) is 0 Å². The van der Waals surface area contributed by atoms with Crippen LogP contribution in [0.25, 0.3) is 10.8 Å². The average Bonchev–Trinajstić information content (AvgIpc) is 3.06. The maximum atomic E-state index is 12.3. The molecule has 0 amide bonds. The molecule has 19 nitrogen and oxygen atoms in total. The van der Waals surface area contributed by atoms with Crippen LogP contribution in [0.5, 0.6) is 5.75 Å². The van der Waals surface area contributed by atoms with Gasteiger partial charge in [0.25, 0.3) is 0 Å². The number of azo groups is 3. The number of carboxylic acid groups (broad SMARTS) is 1. The van der Waals surface area contributed by atoms with Crippen LogP contribution in [0.2, 0.25) is 0 Å². The third-order valence-electron chi connectivity index (χ3n) is 6.88. The van der Waals surface area contributed by atoms with E-state index in [9.17, 15) is 51.1 Å². The molecule has 0 atom stereocenters. The number of anilines is 1. The quantitative estimate of drug-likeness (QED) is 0.0252. The number of phenolic OH excluding ortho intramolecular Hbond substituents is 1. The number of carbonyl (C=O) groups is 1. The van der Waals surface area contributed by atoms with Crippen LogP contribution in [0.4, 0.5) is 45.5 Å². The molecule has 0 aliphatic carbocycles. The maximum Gasteiger partial charge on any atom is 1.00 e. The summed E-state index contributed by atoms with van der Waals surface area (Å²) in [7, 11) is -11.0. The van der Waals surface area contributed by atoms with Crippen molar-refractivity contribution in [2.45, 2.75) is 16.7 Å². The number of nitrogens with two attached hydrogens (primary N) is 1. The van der Waals surface area contributed by atoms with Crippen LogP contribution in [0.15, 0.2) is 107 Å². The Morgan fingerprint density at radius 3 is 1.96 bits per heavy atom. The van der Waals surface area contributed by atoms with Gasteiger partial charge in [0, 0.05) is 16.3 Å². The number of carboxylic acids is 1. The number of hydrogen-bond acceptors (Lipinski definition) is 18. The van der Waals surface area contributed by atoms with E-state index >= 15 is 0 Å². The van der Waals surface area contributed by atoms with Crippen molar-refractivity contribution in [3.05, 3.63) is 100 Å². The normalized spacial score (nSPS) is 11.3. The van der Waals surface area contributed by atoms with Crippen LogP contribution in [0, 0.1) is 29.2 Å². The van der Waals surface area contributed by atoms with Gasteiger partial charge in [-0.25, -0.2) is 16.8 Å². The van der Waals surface area contributed by atoms with Gasteiger partial charge in [0.05, 0.1) is 32.2 Å². The maximum absolute atomic E-state index is 12.3. The molecule has 0 spiro atoms. The van der Waals surface area contributed by atoms with E-state index in [2.05, 4.69) is 42.8 Å². The number of aromatic carboxylic acids is 1. The number of nitro benzene ring substituents is 1. The second-order valence-corrected chi connectivity index (χ2v) is 12.9. The number of hydrogen-bond donors (Lipinski definition) is 2. The molecule has 56 heavy (non-hydrogen) atoms. The monoisotopic (exact) mass is 844 g/mol. The summed E-state index contributed by atoms with van der Waals surface area (Å²) in [5, 5.41) is 55.1. The predicted octanol–water partition coefficient (Wildman–Crippen LogP) is -9.62. The van der Waals surface area contributed by atoms with Gasteiger partial charge in [-0.2, -0.15) is 38.7 Å². The molecule has 0 fully saturated rings. The van der Waals surface area contributed by atoms with E-state index in [4.69, 9.17) is 5.73 Å². The van der Waals surface area contributed by atoms with Gasteiger partial charge in [-0.3, -0.25) is 10.1 Å². The van der Waals surface area contributed by atoms with E-state index in [1.165, 1.54) is 36.4 Å². The number of benzene rings is 5. The second kappa shape index (κ2) is 22.7. The van der Waals surface area contributed by atoms with Crippen molar-refractivity contribution < 1.29 is 194 Å². The van der Waals surface area contributed by atoms with Crippen molar-refractivity contribution >= 4 is 82.5 Å². The van der Waals surface area contributed by atoms with Crippen molar-refractivity contribution in [3.63, 3.8) is 0 Å². The fraction of sp³-hybridized carbons (Fsp3) is 0.0333. The molecule has 5 rings (SSSR count). The number of aromatic hydroxyl groups is 1. The van der Waals surface area contributed by atoms with Crippen molar-refractivity contribution in [1.82, 2.24) is 0 Å². The van der Waals surface area contributed by atoms with Crippen LogP contribution >= 0.6 is 0 Å². The summed E-state index contributed by atoms with van der Waals surface area (Å²) in [6.45, 7) is 1.61. The Labute approximate surface area is 428 Å². The summed E-state index contributed by atoms with van der Waals surface area (Å²) in [4.78, 5) is 19.1. The number of phenols is 1. The minimum atomic E-state index is -5.52. The minimum Gasteiger partial charge on any atom is -0.744 e. The number of fused-ring (bicyclic) bond motifs is 1. The van der Waals surface area contributed by atoms with Crippen molar-refractivity contribution in [1.29, 1.82) is 0 Å². The van der Waals surface area contributed by atoms with Crippen LogP contribution < -0.4 is 159 Å². The summed E-state index contributed by atoms with van der Waals surface area (Å²) >= 11 is 0. The Morgan fingerprint density at radius 2 is 1.41 bits per heavy atom. The van der Waals surface area contributed by atoms with Crippen molar-refractivity contribution in [2.75, 3.05) is 5.73 Å². The predicted molar refractivity (Wildman–Crippen MR) is 171 cm³/mol. The average molecular weight is 845 g/mol. The Kier molecular flexibility index (Phi) is 22.1. The Hall–Kier alpha value is -1.55. The molecule has 5 aromatic carbocycles. The van der Waals surface area contributed by atoms with Gasteiger partial charge < -0.3 is 29.8 Å². The van der Waals surface area contributed by atoms with E-state index in [0.29, 0.717) is 23.4 Å². The Balaban J connectivity index is 0.00000605. The summed E-state index contributed by atoms with van der Waals surface area (Å²) in [5.41, 5.74) is 4.37. The molecule has 5 aromatic rings. The summed E-state index contributed by atoms with van der Waals surface area (Å²) in [5.74, 6) is -2.64. The van der Waals surface area contributed by atoms with Crippen molar-refractivity contribution in [3.8, 4) is 5.75 Å². The SMILES string of the molecule is Cc1cc(N=Nc2cc(S(=O)(=O)[O-])c3cc(S(=O)(=O)[O-])c(N=Nc4[c-]cc([N+](=O)[O-])cc4)c(O)c3c2N)ccc1N=Nc1cc[c-]cc1C(=O)[O-].[Na+].[Na+].[Na+].[Na+].[Na+]. The van der Waals surface area contributed by atoms with Crippen LogP contribution in [-0.2, 0) is 20.2 Å². The second-order valence-electron chi connectivity index (χ2n) is 10.2. The zero-order valence-electron chi connectivity index (χ0n) is 30.4. The topological polar surface area (TPSA) is 318 Å². The first kappa shape index (κ1) is 54.5. The molecule has 0 saturated carbocycles. The molecular weight excluding hydrogens is 827 g/mol. The molecule has 0 heterocycles. The molecule has 0 unspecified atom stereocenters. The zero-order valence-corrected chi connectivity index (χ0v) is 42.0. The molecule has 0 saturated heterocycles. The molecule has 0 aliphatic heterocycles. The van der Waals surface area contributed by atoms with E-state index in [1.807, 2.05) is 0 Å². The van der Waals surface area contributed by atoms with Gasteiger partial charge in [-0.05, 0) is 54.2 Å². The zero-order chi connectivity index (χ0) is 37.2. The summed E-state index contributed by atoms with van der Waals surface area (Å²) in [6.07, 6.45) is 0. The smallest absolute Gasteiger partial charge is 0.744 e. The van der Waals surface area contributed by atoms with Gasteiger partial charge >= 0.3 is 148 Å². The molecule has 3 N–H and O–H groups in total. The summed E-state index contributed by atoms with van der Waals surface area (Å²) < 4.78 is 73.4. The van der Waals surface area contributed by atoms with Gasteiger partial charge in [-0.1, -0.05) is 17.7 Å². The minimum absolute atomic E-state index is 0. The van der Waals surface area contributed by atoms with Crippen molar-refractivity contribution in [2.24, 2.45) is 30.7 Å². The molecule has 0 aromatic heterocycles. The number of nitrogens with zero attached hydrogens (tertiary/aromatic N) is 7. The number of aryl methyl sites for hydroxylation is 1. The molecule has 260 valence electrons. The largest absolute Gasteiger partial charge is 1.00 e. The van der Waals surface area contributed by atoms with Crippen LogP contribution in [-0.4, -0.2) is 41.9 Å². The van der Waals surface area contributed by atoms with Gasteiger partial charge in [0.1, 0.15) is 31.6 Å². The van der Waals surface area contributed by atoms with E-state index < -0.39 is 74.5 Å². The number of rotatable bonds is 10. The van der Waals surface area contributed by atoms with Gasteiger partial charge in [0.2, 0.25) is 0 Å². The van der Waals surface area contributed by atoms with E-state index in [1.54, 1.807) is 6.92 Å². The Bertz CT molecular complexity index is 2600. The third-order valence-corrected chi connectivity index (χ3v) is 8.61. The fourth-order valence-corrected chi connectivity index (χ4v) is 5.80. The van der Waals surface area contributed by atoms with E-state index in [0.717, 1.165) is 18.2 Å². The van der Waals surface area contributed by atoms with Crippen LogP contribution in [0.1, 0.15) is 15.9 Å². The third kappa shape index (κ3) is 13.0. The van der Waals surface area contributed by atoms with E-state index in [-0.39, 0.29) is 176 Å².